The minimum atomic E-state index is 0.188. The fraction of sp³-hybridized carbons (Fsp3) is 0.583. The standard InChI is InChI=1S/C12H21N3/c1-12(2,15(3)4)10-14-9-11-5-7-13-8-6-11/h5-8,14H,9-10H2,1-4H3. The lowest BCUT2D eigenvalue weighted by Gasteiger charge is -2.32. The first-order valence-electron chi connectivity index (χ1n) is 5.29. The van der Waals surface area contributed by atoms with Crippen LogP contribution in [0.5, 0.6) is 0 Å². The quantitative estimate of drug-likeness (QED) is 0.793. The molecule has 84 valence electrons. The molecule has 3 heteroatoms. The van der Waals surface area contributed by atoms with Gasteiger partial charge in [0.15, 0.2) is 0 Å². The molecule has 0 unspecified atom stereocenters. The predicted octanol–water partition coefficient (Wildman–Crippen LogP) is 1.51. The molecule has 1 aromatic rings. The smallest absolute Gasteiger partial charge is 0.0271 e. The molecule has 1 aromatic heterocycles. The molecular formula is C12H21N3. The van der Waals surface area contributed by atoms with Gasteiger partial charge in [0, 0.05) is 31.0 Å². The van der Waals surface area contributed by atoms with Gasteiger partial charge >= 0.3 is 0 Å². The summed E-state index contributed by atoms with van der Waals surface area (Å²) >= 11 is 0. The van der Waals surface area contributed by atoms with Crippen molar-refractivity contribution in [1.82, 2.24) is 15.2 Å². The second-order valence-electron chi connectivity index (χ2n) is 4.67. The fourth-order valence-electron chi connectivity index (χ4n) is 1.17. The zero-order valence-corrected chi connectivity index (χ0v) is 10.1. The SMILES string of the molecule is CN(C)C(C)(C)CNCc1ccncc1. The Morgan fingerprint density at radius 3 is 2.40 bits per heavy atom. The van der Waals surface area contributed by atoms with Crippen LogP contribution in [0.3, 0.4) is 0 Å². The molecule has 1 heterocycles. The first-order valence-corrected chi connectivity index (χ1v) is 5.29. The van der Waals surface area contributed by atoms with Crippen LogP contribution in [0.2, 0.25) is 0 Å². The van der Waals surface area contributed by atoms with Gasteiger partial charge in [-0.15, -0.1) is 0 Å². The summed E-state index contributed by atoms with van der Waals surface area (Å²) in [5.41, 5.74) is 1.46. The van der Waals surface area contributed by atoms with Crippen molar-refractivity contribution in [2.45, 2.75) is 25.9 Å². The number of hydrogen-bond donors (Lipinski definition) is 1. The predicted molar refractivity (Wildman–Crippen MR) is 63.7 cm³/mol. The van der Waals surface area contributed by atoms with Gasteiger partial charge < -0.3 is 10.2 Å². The van der Waals surface area contributed by atoms with Crippen molar-refractivity contribution < 1.29 is 0 Å². The highest BCUT2D eigenvalue weighted by atomic mass is 15.2. The second-order valence-corrected chi connectivity index (χ2v) is 4.67. The molecule has 0 saturated heterocycles. The Kier molecular flexibility index (Phi) is 4.24. The summed E-state index contributed by atoms with van der Waals surface area (Å²) < 4.78 is 0. The van der Waals surface area contributed by atoms with Gasteiger partial charge in [0.1, 0.15) is 0 Å². The highest BCUT2D eigenvalue weighted by molar-refractivity contribution is 5.09. The van der Waals surface area contributed by atoms with E-state index in [1.165, 1.54) is 5.56 Å². The molecule has 0 amide bonds. The number of nitrogens with zero attached hydrogens (tertiary/aromatic N) is 2. The molecule has 0 saturated carbocycles. The molecule has 1 rings (SSSR count). The molecule has 0 aliphatic rings. The van der Waals surface area contributed by atoms with Crippen molar-refractivity contribution in [3.63, 3.8) is 0 Å². The molecule has 15 heavy (non-hydrogen) atoms. The van der Waals surface area contributed by atoms with E-state index in [0.29, 0.717) is 0 Å². The summed E-state index contributed by atoms with van der Waals surface area (Å²) in [6.07, 6.45) is 3.65. The fourth-order valence-corrected chi connectivity index (χ4v) is 1.17. The average Bonchev–Trinajstić information content (AvgIpc) is 2.19. The molecular weight excluding hydrogens is 186 g/mol. The van der Waals surface area contributed by atoms with Gasteiger partial charge in [-0.25, -0.2) is 0 Å². The number of nitrogens with one attached hydrogen (secondary N) is 1. The van der Waals surface area contributed by atoms with Gasteiger partial charge in [-0.05, 0) is 45.6 Å². The summed E-state index contributed by atoms with van der Waals surface area (Å²) in [5.74, 6) is 0. The number of likely N-dealkylation sites (N-methyl/N-ethyl adjacent to an activating group) is 1. The van der Waals surface area contributed by atoms with Crippen molar-refractivity contribution in [2.75, 3.05) is 20.6 Å². The highest BCUT2D eigenvalue weighted by Gasteiger charge is 2.19. The first-order chi connectivity index (χ1) is 7.02. The number of rotatable bonds is 5. The maximum atomic E-state index is 3.99. The normalized spacial score (nSPS) is 12.1. The van der Waals surface area contributed by atoms with Gasteiger partial charge in [0.05, 0.1) is 0 Å². The van der Waals surface area contributed by atoms with E-state index in [9.17, 15) is 0 Å². The maximum Gasteiger partial charge on any atom is 0.0271 e. The minimum Gasteiger partial charge on any atom is -0.311 e. The van der Waals surface area contributed by atoms with E-state index < -0.39 is 0 Å². The Balaban J connectivity index is 2.34. The van der Waals surface area contributed by atoms with Crippen LogP contribution in [-0.2, 0) is 6.54 Å². The Hall–Kier alpha value is -0.930. The molecule has 1 N–H and O–H groups in total. The Morgan fingerprint density at radius 2 is 1.87 bits per heavy atom. The molecule has 0 atom stereocenters. The van der Waals surface area contributed by atoms with Crippen LogP contribution >= 0.6 is 0 Å². The van der Waals surface area contributed by atoms with Crippen LogP contribution in [0.25, 0.3) is 0 Å². The van der Waals surface area contributed by atoms with E-state index in [-0.39, 0.29) is 5.54 Å². The summed E-state index contributed by atoms with van der Waals surface area (Å²) in [6, 6.07) is 4.07. The van der Waals surface area contributed by atoms with Gasteiger partial charge in [-0.2, -0.15) is 0 Å². The van der Waals surface area contributed by atoms with Crippen LogP contribution in [0, 0.1) is 0 Å². The minimum absolute atomic E-state index is 0.188. The number of aromatic nitrogens is 1. The maximum absolute atomic E-state index is 3.99. The lowest BCUT2D eigenvalue weighted by molar-refractivity contribution is 0.190. The van der Waals surface area contributed by atoms with Gasteiger partial charge in [0.2, 0.25) is 0 Å². The summed E-state index contributed by atoms with van der Waals surface area (Å²) in [5, 5.41) is 3.45. The Morgan fingerprint density at radius 1 is 1.27 bits per heavy atom. The zero-order chi connectivity index (χ0) is 11.3. The lowest BCUT2D eigenvalue weighted by Crippen LogP contribution is -2.46. The molecule has 3 nitrogen and oxygen atoms in total. The van der Waals surface area contributed by atoms with Crippen LogP contribution < -0.4 is 5.32 Å². The molecule has 0 fully saturated rings. The van der Waals surface area contributed by atoms with Crippen LogP contribution in [-0.4, -0.2) is 36.1 Å². The zero-order valence-electron chi connectivity index (χ0n) is 10.1. The number of pyridine rings is 1. The number of hydrogen-bond acceptors (Lipinski definition) is 3. The Bertz CT molecular complexity index is 280. The van der Waals surface area contributed by atoms with Gasteiger partial charge in [0.25, 0.3) is 0 Å². The lowest BCUT2D eigenvalue weighted by atomic mass is 10.0. The van der Waals surface area contributed by atoms with Crippen LogP contribution in [0.15, 0.2) is 24.5 Å². The second kappa shape index (κ2) is 5.24. The van der Waals surface area contributed by atoms with Gasteiger partial charge in [-0.3, -0.25) is 4.98 Å². The van der Waals surface area contributed by atoms with E-state index in [1.807, 2.05) is 24.5 Å². The summed E-state index contributed by atoms with van der Waals surface area (Å²) in [4.78, 5) is 6.22. The van der Waals surface area contributed by atoms with E-state index in [0.717, 1.165) is 13.1 Å². The van der Waals surface area contributed by atoms with E-state index in [2.05, 4.69) is 43.1 Å². The third kappa shape index (κ3) is 3.98. The van der Waals surface area contributed by atoms with Crippen molar-refractivity contribution in [1.29, 1.82) is 0 Å². The summed E-state index contributed by atoms with van der Waals surface area (Å²) in [7, 11) is 4.21. The first kappa shape index (κ1) is 12.1. The molecule has 0 aromatic carbocycles. The highest BCUT2D eigenvalue weighted by Crippen LogP contribution is 2.08. The molecule has 0 aliphatic heterocycles. The van der Waals surface area contributed by atoms with Crippen molar-refractivity contribution >= 4 is 0 Å². The topological polar surface area (TPSA) is 28.2 Å². The Labute approximate surface area is 92.5 Å². The van der Waals surface area contributed by atoms with Crippen LogP contribution in [0.4, 0.5) is 0 Å². The van der Waals surface area contributed by atoms with E-state index >= 15 is 0 Å². The van der Waals surface area contributed by atoms with E-state index in [4.69, 9.17) is 0 Å². The molecule has 0 aliphatic carbocycles. The van der Waals surface area contributed by atoms with Crippen molar-refractivity contribution in [3.8, 4) is 0 Å². The molecule has 0 bridgehead atoms. The van der Waals surface area contributed by atoms with Crippen molar-refractivity contribution in [3.05, 3.63) is 30.1 Å². The van der Waals surface area contributed by atoms with Gasteiger partial charge in [-0.1, -0.05) is 0 Å². The summed E-state index contributed by atoms with van der Waals surface area (Å²) in [6.45, 7) is 6.33. The monoisotopic (exact) mass is 207 g/mol. The van der Waals surface area contributed by atoms with Crippen LogP contribution in [0.1, 0.15) is 19.4 Å². The van der Waals surface area contributed by atoms with E-state index in [1.54, 1.807) is 0 Å². The molecule has 0 spiro atoms. The third-order valence-corrected chi connectivity index (χ3v) is 2.85. The molecule has 0 radical (unpaired) electrons. The third-order valence-electron chi connectivity index (χ3n) is 2.85. The van der Waals surface area contributed by atoms with Crippen molar-refractivity contribution in [2.24, 2.45) is 0 Å². The largest absolute Gasteiger partial charge is 0.311 e. The average molecular weight is 207 g/mol.